The first-order valence-corrected chi connectivity index (χ1v) is 9.10. The fourth-order valence-electron chi connectivity index (χ4n) is 5.10. The topological polar surface area (TPSA) is 80.2 Å². The Hall–Kier alpha value is -2.48. The predicted octanol–water partition coefficient (Wildman–Crippen LogP) is 2.34. The van der Waals surface area contributed by atoms with Crippen molar-refractivity contribution < 1.29 is 28.7 Å². The van der Waals surface area contributed by atoms with Gasteiger partial charge in [-0.3, -0.25) is 0 Å². The minimum atomic E-state index is -0.659. The third kappa shape index (κ3) is 2.07. The Bertz CT molecular complexity index is 971. The van der Waals surface area contributed by atoms with Gasteiger partial charge in [0.05, 0.1) is 19.1 Å². The highest BCUT2D eigenvalue weighted by molar-refractivity contribution is 5.55. The molecule has 140 valence electrons. The van der Waals surface area contributed by atoms with Crippen LogP contribution in [0.3, 0.4) is 0 Å². The smallest absolute Gasteiger partial charge is 0.231 e. The van der Waals surface area contributed by atoms with Gasteiger partial charge in [0.25, 0.3) is 0 Å². The largest absolute Gasteiger partial charge is 0.632 e. The number of quaternary nitrogens is 1. The number of fused-ring (bicyclic) bond motifs is 7. The van der Waals surface area contributed by atoms with Crippen molar-refractivity contribution in [3.05, 3.63) is 51.7 Å². The first-order valence-electron chi connectivity index (χ1n) is 9.10. The molecular formula is C20H19NO6. The van der Waals surface area contributed by atoms with E-state index in [0.29, 0.717) is 36.0 Å². The molecule has 1 aliphatic carbocycles. The molecule has 4 atom stereocenters. The second-order valence-corrected chi connectivity index (χ2v) is 7.88. The van der Waals surface area contributed by atoms with Crippen LogP contribution in [0.4, 0.5) is 0 Å². The second kappa shape index (κ2) is 5.07. The van der Waals surface area contributed by atoms with Crippen molar-refractivity contribution >= 4 is 0 Å². The molecule has 27 heavy (non-hydrogen) atoms. The maximum atomic E-state index is 13.6. The van der Waals surface area contributed by atoms with E-state index in [-0.39, 0.29) is 19.5 Å². The Labute approximate surface area is 155 Å². The zero-order valence-corrected chi connectivity index (χ0v) is 14.8. The third-order valence-electron chi connectivity index (χ3n) is 6.20. The number of rotatable bonds is 0. The Morgan fingerprint density at radius 1 is 0.889 bits per heavy atom. The molecule has 4 unspecified atom stereocenters. The van der Waals surface area contributed by atoms with Crippen LogP contribution in [-0.2, 0) is 13.0 Å². The number of hydrogen-bond donors (Lipinski definition) is 1. The summed E-state index contributed by atoms with van der Waals surface area (Å²) in [7, 11) is 1.68. The third-order valence-corrected chi connectivity index (χ3v) is 6.20. The van der Waals surface area contributed by atoms with Crippen molar-refractivity contribution in [1.29, 1.82) is 0 Å². The molecule has 6 rings (SSSR count). The highest BCUT2D eigenvalue weighted by Crippen LogP contribution is 2.55. The van der Waals surface area contributed by atoms with Crippen LogP contribution in [0.1, 0.15) is 34.2 Å². The highest BCUT2D eigenvalue weighted by atomic mass is 16.7. The molecular weight excluding hydrogens is 350 g/mol. The van der Waals surface area contributed by atoms with Crippen LogP contribution < -0.4 is 18.9 Å². The van der Waals surface area contributed by atoms with Crippen molar-refractivity contribution in [2.24, 2.45) is 0 Å². The maximum absolute atomic E-state index is 13.6. The van der Waals surface area contributed by atoms with Gasteiger partial charge < -0.3 is 33.9 Å². The number of aliphatic hydroxyl groups excluding tert-OH is 1. The van der Waals surface area contributed by atoms with E-state index in [1.165, 1.54) is 0 Å². The lowest BCUT2D eigenvalue weighted by Gasteiger charge is -2.55. The number of benzene rings is 2. The van der Waals surface area contributed by atoms with E-state index in [1.807, 2.05) is 24.3 Å². The maximum Gasteiger partial charge on any atom is 0.231 e. The zero-order valence-electron chi connectivity index (χ0n) is 14.8. The van der Waals surface area contributed by atoms with Gasteiger partial charge in [0.15, 0.2) is 23.0 Å². The van der Waals surface area contributed by atoms with Gasteiger partial charge in [0, 0.05) is 11.1 Å². The van der Waals surface area contributed by atoms with Gasteiger partial charge in [-0.15, -0.1) is 0 Å². The molecule has 0 saturated carbocycles. The lowest BCUT2D eigenvalue weighted by molar-refractivity contribution is -0.911. The number of hydrogen-bond acceptors (Lipinski definition) is 6. The first-order chi connectivity index (χ1) is 13.0. The summed E-state index contributed by atoms with van der Waals surface area (Å²) in [5, 5.41) is 24.7. The SMILES string of the molecule is C[N+]1([O-])Cc2cc3c(cc2C2C(O)Cc4cc5c(cc4C21)OCO5)OCO3. The highest BCUT2D eigenvalue weighted by Gasteiger charge is 2.49. The van der Waals surface area contributed by atoms with Crippen molar-refractivity contribution in [1.82, 2.24) is 0 Å². The molecule has 0 radical (unpaired) electrons. The van der Waals surface area contributed by atoms with Gasteiger partial charge in [-0.1, -0.05) is 0 Å². The summed E-state index contributed by atoms with van der Waals surface area (Å²) in [4.78, 5) is 0. The molecule has 7 heteroatoms. The van der Waals surface area contributed by atoms with Crippen LogP contribution in [0.5, 0.6) is 23.0 Å². The van der Waals surface area contributed by atoms with Crippen LogP contribution in [-0.4, -0.2) is 36.5 Å². The summed E-state index contributed by atoms with van der Waals surface area (Å²) in [6.07, 6.45) is -0.185. The summed E-state index contributed by atoms with van der Waals surface area (Å²) >= 11 is 0. The first kappa shape index (κ1) is 15.6. The molecule has 2 aromatic rings. The van der Waals surface area contributed by atoms with Crippen molar-refractivity contribution in [2.75, 3.05) is 20.6 Å². The number of nitrogens with zero attached hydrogens (tertiary/aromatic N) is 1. The molecule has 1 N–H and O–H groups in total. The lowest BCUT2D eigenvalue weighted by atomic mass is 9.70. The number of hydroxylamine groups is 3. The van der Waals surface area contributed by atoms with E-state index >= 15 is 0 Å². The van der Waals surface area contributed by atoms with Gasteiger partial charge in [-0.2, -0.15) is 0 Å². The lowest BCUT2D eigenvalue weighted by Crippen LogP contribution is -2.52. The fourth-order valence-corrected chi connectivity index (χ4v) is 5.10. The molecule has 0 spiro atoms. The van der Waals surface area contributed by atoms with Gasteiger partial charge in [-0.05, 0) is 41.8 Å². The standard InChI is InChI=1S/C20H19NO6/c1-21(23)7-11-4-16-17(26-9-25-16)5-12(11)19-14(22)2-10-3-15-18(27-8-24-15)6-13(10)20(19)21/h3-6,14,19-20,22H,2,7-9H2,1H3. The van der Waals surface area contributed by atoms with E-state index in [0.717, 1.165) is 22.3 Å². The minimum absolute atomic E-state index is 0.185. The molecule has 0 aromatic heterocycles. The van der Waals surface area contributed by atoms with Crippen LogP contribution in [0.15, 0.2) is 24.3 Å². The summed E-state index contributed by atoms with van der Waals surface area (Å²) in [6.45, 7) is 0.684. The normalized spacial score (nSPS) is 31.9. The molecule has 4 aliphatic rings. The molecule has 3 heterocycles. The Balaban J connectivity index is 1.56. The Morgan fingerprint density at radius 3 is 2.11 bits per heavy atom. The Kier molecular flexibility index (Phi) is 2.92. The van der Waals surface area contributed by atoms with Crippen LogP contribution in [0.2, 0.25) is 0 Å². The van der Waals surface area contributed by atoms with E-state index in [4.69, 9.17) is 18.9 Å². The van der Waals surface area contributed by atoms with Crippen LogP contribution >= 0.6 is 0 Å². The van der Waals surface area contributed by atoms with E-state index in [2.05, 4.69) is 0 Å². The van der Waals surface area contributed by atoms with Gasteiger partial charge in [0.1, 0.15) is 12.6 Å². The number of ether oxygens (including phenoxy) is 4. The summed E-state index contributed by atoms with van der Waals surface area (Å²) in [6, 6.07) is 7.26. The van der Waals surface area contributed by atoms with Gasteiger partial charge in [-0.25, -0.2) is 0 Å². The molecule has 3 aliphatic heterocycles. The van der Waals surface area contributed by atoms with Crippen molar-refractivity contribution in [3.8, 4) is 23.0 Å². The summed E-state index contributed by atoms with van der Waals surface area (Å²) < 4.78 is 21.5. The predicted molar refractivity (Wildman–Crippen MR) is 93.6 cm³/mol. The second-order valence-electron chi connectivity index (χ2n) is 7.88. The summed E-state index contributed by atoms with van der Waals surface area (Å²) in [5.41, 5.74) is 3.79. The minimum Gasteiger partial charge on any atom is -0.632 e. The number of aliphatic hydroxyl groups is 1. The average Bonchev–Trinajstić information content (AvgIpc) is 3.25. The zero-order chi connectivity index (χ0) is 18.3. The van der Waals surface area contributed by atoms with Crippen molar-refractivity contribution in [2.45, 2.75) is 31.0 Å². The van der Waals surface area contributed by atoms with Crippen LogP contribution in [0, 0.1) is 5.21 Å². The molecule has 2 aromatic carbocycles. The average molecular weight is 369 g/mol. The Morgan fingerprint density at radius 2 is 1.44 bits per heavy atom. The van der Waals surface area contributed by atoms with Gasteiger partial charge >= 0.3 is 0 Å². The van der Waals surface area contributed by atoms with Gasteiger partial charge in [0.2, 0.25) is 13.6 Å². The monoisotopic (exact) mass is 369 g/mol. The molecule has 7 nitrogen and oxygen atoms in total. The number of likely N-dealkylation sites (N-methyl/N-ethyl adjacent to an activating group) is 1. The molecule has 0 amide bonds. The van der Waals surface area contributed by atoms with Crippen LogP contribution in [0.25, 0.3) is 0 Å². The molecule has 0 bridgehead atoms. The molecule has 0 saturated heterocycles. The summed E-state index contributed by atoms with van der Waals surface area (Å²) in [5.74, 6) is 2.39. The molecule has 0 fully saturated rings. The fraction of sp³-hybridized carbons (Fsp3) is 0.400. The van der Waals surface area contributed by atoms with E-state index in [1.54, 1.807) is 7.05 Å². The quantitative estimate of drug-likeness (QED) is 0.567. The van der Waals surface area contributed by atoms with E-state index in [9.17, 15) is 10.3 Å². The van der Waals surface area contributed by atoms with E-state index < -0.39 is 16.8 Å². The van der Waals surface area contributed by atoms with Crippen molar-refractivity contribution in [3.63, 3.8) is 0 Å².